The standard InChI is InChI=1S/C4H10NO4P.Na.H/c6-10(7,8)9-5-3-1-2-4-5;;/h1-4H2,(H2,6,7,8);;. The molecule has 0 atom stereocenters. The molecule has 0 aromatic heterocycles. The number of hydrogen-bond acceptors (Lipinski definition) is 3. The van der Waals surface area contributed by atoms with Crippen LogP contribution in [0.5, 0.6) is 0 Å². The van der Waals surface area contributed by atoms with Crippen molar-refractivity contribution in [2.24, 2.45) is 0 Å². The summed E-state index contributed by atoms with van der Waals surface area (Å²) in [5.41, 5.74) is 0. The van der Waals surface area contributed by atoms with E-state index < -0.39 is 7.82 Å². The van der Waals surface area contributed by atoms with Gasteiger partial charge in [-0.25, -0.2) is 4.57 Å². The van der Waals surface area contributed by atoms with Crippen LogP contribution in [0, 0.1) is 0 Å². The Morgan fingerprint density at radius 2 is 1.73 bits per heavy atom. The Morgan fingerprint density at radius 1 is 1.27 bits per heavy atom. The van der Waals surface area contributed by atoms with Gasteiger partial charge >= 0.3 is 37.4 Å². The molecule has 0 aromatic carbocycles. The van der Waals surface area contributed by atoms with Gasteiger partial charge < -0.3 is 9.79 Å². The Bertz CT molecular complexity index is 154. The van der Waals surface area contributed by atoms with Gasteiger partial charge in [0.25, 0.3) is 0 Å². The fourth-order valence-electron chi connectivity index (χ4n) is 0.920. The third kappa shape index (κ3) is 5.33. The van der Waals surface area contributed by atoms with E-state index in [1.54, 1.807) is 0 Å². The van der Waals surface area contributed by atoms with Gasteiger partial charge in [-0.15, -0.1) is 0 Å². The van der Waals surface area contributed by atoms with E-state index in [9.17, 15) is 4.57 Å². The van der Waals surface area contributed by atoms with Crippen LogP contribution in [0.3, 0.4) is 0 Å². The maximum absolute atomic E-state index is 10.2. The van der Waals surface area contributed by atoms with Crippen molar-refractivity contribution in [1.82, 2.24) is 5.06 Å². The van der Waals surface area contributed by atoms with E-state index in [0.29, 0.717) is 13.1 Å². The van der Waals surface area contributed by atoms with E-state index in [1.807, 2.05) is 0 Å². The van der Waals surface area contributed by atoms with E-state index >= 15 is 0 Å². The first-order valence-corrected chi connectivity index (χ1v) is 4.61. The molecule has 0 spiro atoms. The zero-order valence-corrected chi connectivity index (χ0v) is 6.33. The Hall–Kier alpha value is 1.07. The van der Waals surface area contributed by atoms with Crippen LogP contribution in [-0.4, -0.2) is 57.5 Å². The summed E-state index contributed by atoms with van der Waals surface area (Å²) in [6, 6.07) is 0. The predicted octanol–water partition coefficient (Wildman–Crippen LogP) is -0.542. The topological polar surface area (TPSA) is 70.0 Å². The molecule has 1 rings (SSSR count). The van der Waals surface area contributed by atoms with Crippen LogP contribution in [0.1, 0.15) is 12.8 Å². The van der Waals surface area contributed by atoms with Crippen molar-refractivity contribution in [2.45, 2.75) is 12.8 Å². The summed E-state index contributed by atoms with van der Waals surface area (Å²) >= 11 is 0. The molecule has 0 bridgehead atoms. The van der Waals surface area contributed by atoms with Crippen LogP contribution in [0.15, 0.2) is 0 Å². The van der Waals surface area contributed by atoms with Crippen molar-refractivity contribution in [3.8, 4) is 0 Å². The van der Waals surface area contributed by atoms with Crippen LogP contribution >= 0.6 is 7.82 Å². The van der Waals surface area contributed by atoms with Crippen LogP contribution in [-0.2, 0) is 9.19 Å². The molecule has 0 aliphatic carbocycles. The van der Waals surface area contributed by atoms with Crippen LogP contribution < -0.4 is 0 Å². The van der Waals surface area contributed by atoms with Crippen molar-refractivity contribution < 1.29 is 19.0 Å². The fraction of sp³-hybridized carbons (Fsp3) is 1.00. The number of nitrogens with zero attached hydrogens (tertiary/aromatic N) is 1. The second-order valence-corrected chi connectivity index (χ2v) is 3.35. The molecule has 1 aliphatic heterocycles. The van der Waals surface area contributed by atoms with Crippen molar-refractivity contribution >= 4 is 37.4 Å². The van der Waals surface area contributed by atoms with E-state index in [0.717, 1.165) is 12.8 Å². The molecule has 0 amide bonds. The van der Waals surface area contributed by atoms with Gasteiger partial charge in [-0.05, 0) is 12.8 Å². The fourth-order valence-corrected chi connectivity index (χ4v) is 1.38. The summed E-state index contributed by atoms with van der Waals surface area (Å²) in [7, 11) is -4.29. The molecule has 2 N–H and O–H groups in total. The van der Waals surface area contributed by atoms with Crippen molar-refractivity contribution in [1.29, 1.82) is 0 Å². The predicted molar refractivity (Wildman–Crippen MR) is 41.1 cm³/mol. The molecule has 0 unspecified atom stereocenters. The molecule has 1 heterocycles. The molecule has 0 saturated carbocycles. The molecule has 1 saturated heterocycles. The Labute approximate surface area is 87.2 Å². The quantitative estimate of drug-likeness (QED) is 0.453. The van der Waals surface area contributed by atoms with Crippen LogP contribution in [0.25, 0.3) is 0 Å². The zero-order valence-electron chi connectivity index (χ0n) is 5.43. The SMILES string of the molecule is O=P(O)(O)ON1CCCC1.[NaH]. The first kappa shape index (κ1) is 12.1. The van der Waals surface area contributed by atoms with Crippen LogP contribution in [0.2, 0.25) is 0 Å². The molecule has 0 aromatic rings. The molecule has 5 nitrogen and oxygen atoms in total. The van der Waals surface area contributed by atoms with Gasteiger partial charge in [0.2, 0.25) is 0 Å². The molecule has 1 aliphatic rings. The Morgan fingerprint density at radius 3 is 2.09 bits per heavy atom. The normalized spacial score (nSPS) is 19.8. The minimum absolute atomic E-state index is 0. The minimum atomic E-state index is -4.29. The molecule has 11 heavy (non-hydrogen) atoms. The first-order valence-electron chi connectivity index (χ1n) is 3.08. The third-order valence-electron chi connectivity index (χ3n) is 1.29. The van der Waals surface area contributed by atoms with Gasteiger partial charge in [0.1, 0.15) is 0 Å². The maximum atomic E-state index is 10.2. The molecular formula is C4H11NNaO4P. The van der Waals surface area contributed by atoms with Crippen molar-refractivity contribution in [2.75, 3.05) is 13.1 Å². The average molecular weight is 191 g/mol. The van der Waals surface area contributed by atoms with Gasteiger partial charge in [0, 0.05) is 13.1 Å². The molecular weight excluding hydrogens is 180 g/mol. The zero-order chi connectivity index (χ0) is 7.61. The monoisotopic (exact) mass is 191 g/mol. The number of phosphoric acid groups is 1. The second-order valence-electron chi connectivity index (χ2n) is 2.21. The van der Waals surface area contributed by atoms with Gasteiger partial charge in [-0.1, -0.05) is 0 Å². The first-order chi connectivity index (χ1) is 4.58. The summed E-state index contributed by atoms with van der Waals surface area (Å²) in [5, 5.41) is 1.31. The van der Waals surface area contributed by atoms with E-state index in [2.05, 4.69) is 4.62 Å². The number of hydroxylamine groups is 2. The third-order valence-corrected chi connectivity index (χ3v) is 1.73. The molecule has 1 fully saturated rings. The number of rotatable bonds is 2. The Balaban J connectivity index is 0.000001000. The van der Waals surface area contributed by atoms with Gasteiger partial charge in [0.05, 0.1) is 0 Å². The van der Waals surface area contributed by atoms with Crippen molar-refractivity contribution in [3.63, 3.8) is 0 Å². The summed E-state index contributed by atoms with van der Waals surface area (Å²) < 4.78 is 14.5. The van der Waals surface area contributed by atoms with Gasteiger partial charge in [0.15, 0.2) is 0 Å². The number of hydrogen-bond donors (Lipinski definition) is 2. The van der Waals surface area contributed by atoms with E-state index in [-0.39, 0.29) is 29.6 Å². The average Bonchev–Trinajstić information content (AvgIpc) is 2.12. The van der Waals surface area contributed by atoms with Crippen molar-refractivity contribution in [3.05, 3.63) is 0 Å². The summed E-state index contributed by atoms with van der Waals surface area (Å²) in [6.07, 6.45) is 1.89. The molecule has 7 heteroatoms. The summed E-state index contributed by atoms with van der Waals surface area (Å²) in [4.78, 5) is 16.7. The van der Waals surface area contributed by atoms with Crippen LogP contribution in [0.4, 0.5) is 0 Å². The van der Waals surface area contributed by atoms with E-state index in [1.165, 1.54) is 5.06 Å². The van der Waals surface area contributed by atoms with Gasteiger partial charge in [-0.2, -0.15) is 9.69 Å². The van der Waals surface area contributed by atoms with Gasteiger partial charge in [-0.3, -0.25) is 0 Å². The molecule has 62 valence electrons. The summed E-state index contributed by atoms with van der Waals surface area (Å²) in [5.74, 6) is 0. The second kappa shape index (κ2) is 4.94. The Kier molecular flexibility index (Phi) is 5.42. The summed E-state index contributed by atoms with van der Waals surface area (Å²) in [6.45, 7) is 1.23. The molecule has 0 radical (unpaired) electrons. The van der Waals surface area contributed by atoms with E-state index in [4.69, 9.17) is 9.79 Å².